The third kappa shape index (κ3) is 7.17. The number of fused-ring (bicyclic) bond motifs is 1. The van der Waals surface area contributed by atoms with Gasteiger partial charge in [0.1, 0.15) is 12.4 Å². The number of benzene rings is 1. The van der Waals surface area contributed by atoms with Crippen molar-refractivity contribution in [2.24, 2.45) is 5.41 Å². The van der Waals surface area contributed by atoms with E-state index in [4.69, 9.17) is 18.4 Å². The van der Waals surface area contributed by atoms with Crippen molar-refractivity contribution in [1.29, 1.82) is 0 Å². The van der Waals surface area contributed by atoms with Crippen LogP contribution in [0.25, 0.3) is 10.9 Å². The molecule has 2 aromatic rings. The third-order valence-corrected chi connectivity index (χ3v) is 7.19. The molecular formula is C24H37N3O7S. The van der Waals surface area contributed by atoms with Gasteiger partial charge < -0.3 is 19.1 Å². The first-order chi connectivity index (χ1) is 16.5. The molecule has 0 N–H and O–H groups in total. The van der Waals surface area contributed by atoms with E-state index in [-0.39, 0.29) is 13.2 Å². The van der Waals surface area contributed by atoms with Gasteiger partial charge in [0, 0.05) is 37.8 Å². The number of likely N-dealkylation sites (N-methyl/N-ethyl adjacent to an activating group) is 1. The van der Waals surface area contributed by atoms with Crippen LogP contribution in [0.2, 0.25) is 0 Å². The Labute approximate surface area is 207 Å². The van der Waals surface area contributed by atoms with Crippen LogP contribution in [0.5, 0.6) is 5.75 Å². The highest BCUT2D eigenvalue weighted by Gasteiger charge is 2.33. The van der Waals surface area contributed by atoms with Crippen LogP contribution in [0.15, 0.2) is 24.4 Å². The summed E-state index contributed by atoms with van der Waals surface area (Å²) in [6.07, 6.45) is 2.23. The molecule has 0 aliphatic carbocycles. The zero-order valence-electron chi connectivity index (χ0n) is 21.3. The van der Waals surface area contributed by atoms with Crippen LogP contribution in [0, 0.1) is 5.41 Å². The highest BCUT2D eigenvalue weighted by atomic mass is 32.2. The molecule has 1 aliphatic rings. The summed E-state index contributed by atoms with van der Waals surface area (Å²) in [6.45, 7) is 7.42. The summed E-state index contributed by atoms with van der Waals surface area (Å²) in [5, 5.41) is 0.778. The van der Waals surface area contributed by atoms with Gasteiger partial charge in [-0.2, -0.15) is 8.42 Å². The lowest BCUT2D eigenvalue weighted by Gasteiger charge is -2.27. The van der Waals surface area contributed by atoms with Gasteiger partial charge in [0.25, 0.3) is 0 Å². The molecule has 1 aliphatic heterocycles. The maximum Gasteiger partial charge on any atom is 0.366 e. The van der Waals surface area contributed by atoms with Crippen LogP contribution >= 0.6 is 0 Å². The van der Waals surface area contributed by atoms with Gasteiger partial charge >= 0.3 is 16.3 Å². The highest BCUT2D eigenvalue weighted by Crippen LogP contribution is 2.29. The van der Waals surface area contributed by atoms with Gasteiger partial charge in [-0.25, -0.2) is 3.97 Å². The average molecular weight is 512 g/mol. The molecule has 35 heavy (non-hydrogen) atoms. The lowest BCUT2D eigenvalue weighted by Crippen LogP contribution is -2.40. The van der Waals surface area contributed by atoms with E-state index in [0.717, 1.165) is 34.6 Å². The Balaban J connectivity index is 1.69. The molecule has 1 saturated heterocycles. The van der Waals surface area contributed by atoms with Crippen molar-refractivity contribution in [3.05, 3.63) is 30.0 Å². The van der Waals surface area contributed by atoms with E-state index in [1.165, 1.54) is 0 Å². The SMILES string of the molecule is COc1ccc2c(c1)c(CCN(C)C)cn2S(=O)(=O)OCC(C)(C)C(=O)OCCN1CCOCC1. The van der Waals surface area contributed by atoms with Crippen LogP contribution in [0.3, 0.4) is 0 Å². The molecule has 11 heteroatoms. The smallest absolute Gasteiger partial charge is 0.366 e. The summed E-state index contributed by atoms with van der Waals surface area (Å²) in [5.74, 6) is 0.135. The van der Waals surface area contributed by atoms with E-state index >= 15 is 0 Å². The molecule has 3 rings (SSSR count). The Kier molecular flexibility index (Phi) is 9.16. The Morgan fingerprint density at radius 1 is 1.20 bits per heavy atom. The lowest BCUT2D eigenvalue weighted by atomic mass is 9.95. The number of morpholine rings is 1. The second kappa shape index (κ2) is 11.7. The molecule has 0 amide bonds. The molecular weight excluding hydrogens is 474 g/mol. The van der Waals surface area contributed by atoms with E-state index in [2.05, 4.69) is 4.90 Å². The number of hydrogen-bond acceptors (Lipinski definition) is 9. The van der Waals surface area contributed by atoms with Gasteiger partial charge in [-0.1, -0.05) is 0 Å². The second-order valence-corrected chi connectivity index (χ2v) is 11.1. The number of carbonyl (C=O) groups is 1. The lowest BCUT2D eigenvalue weighted by molar-refractivity contribution is -0.156. The molecule has 2 heterocycles. The fraction of sp³-hybridized carbons (Fsp3) is 0.625. The molecule has 196 valence electrons. The van der Waals surface area contributed by atoms with Crippen molar-refractivity contribution in [3.8, 4) is 5.75 Å². The number of methoxy groups -OCH3 is 1. The summed E-state index contributed by atoms with van der Waals surface area (Å²) >= 11 is 0. The molecule has 0 saturated carbocycles. The number of nitrogens with zero attached hydrogens (tertiary/aromatic N) is 3. The molecule has 1 aromatic heterocycles. The molecule has 0 spiro atoms. The zero-order chi connectivity index (χ0) is 25.6. The minimum atomic E-state index is -4.20. The first kappa shape index (κ1) is 27.4. The van der Waals surface area contributed by atoms with Gasteiger partial charge in [0.15, 0.2) is 0 Å². The van der Waals surface area contributed by atoms with Gasteiger partial charge in [-0.3, -0.25) is 13.9 Å². The molecule has 0 atom stereocenters. The average Bonchev–Trinajstić information content (AvgIpc) is 3.21. The first-order valence-electron chi connectivity index (χ1n) is 11.7. The quantitative estimate of drug-likeness (QED) is 0.395. The molecule has 0 unspecified atom stereocenters. The number of esters is 1. The van der Waals surface area contributed by atoms with Gasteiger partial charge in [0.05, 0.1) is 37.9 Å². The molecule has 10 nitrogen and oxygen atoms in total. The van der Waals surface area contributed by atoms with Crippen LogP contribution in [0.1, 0.15) is 19.4 Å². The van der Waals surface area contributed by atoms with Crippen molar-refractivity contribution in [1.82, 2.24) is 13.8 Å². The number of ether oxygens (including phenoxy) is 3. The molecule has 0 radical (unpaired) electrons. The summed E-state index contributed by atoms with van der Waals surface area (Å²) in [7, 11) is 1.29. The number of aromatic nitrogens is 1. The first-order valence-corrected chi connectivity index (χ1v) is 13.1. The Morgan fingerprint density at radius 3 is 2.57 bits per heavy atom. The van der Waals surface area contributed by atoms with Gasteiger partial charge in [-0.05, 0) is 58.1 Å². The summed E-state index contributed by atoms with van der Waals surface area (Å²) in [4.78, 5) is 16.8. The van der Waals surface area contributed by atoms with Crippen LogP contribution in [0.4, 0.5) is 0 Å². The van der Waals surface area contributed by atoms with Gasteiger partial charge in [-0.15, -0.1) is 0 Å². The maximum absolute atomic E-state index is 13.2. The zero-order valence-corrected chi connectivity index (χ0v) is 22.1. The van der Waals surface area contributed by atoms with Gasteiger partial charge in [0.2, 0.25) is 0 Å². The van der Waals surface area contributed by atoms with Crippen molar-refractivity contribution >= 4 is 27.2 Å². The monoisotopic (exact) mass is 511 g/mol. The fourth-order valence-electron chi connectivity index (χ4n) is 3.73. The van der Waals surface area contributed by atoms with Crippen LogP contribution in [-0.4, -0.2) is 102 Å². The molecule has 1 fully saturated rings. The van der Waals surface area contributed by atoms with Crippen molar-refractivity contribution in [2.75, 3.05) is 73.8 Å². The summed E-state index contributed by atoms with van der Waals surface area (Å²) in [6, 6.07) is 5.22. The Hall–Kier alpha value is -2.18. The largest absolute Gasteiger partial charge is 0.497 e. The standard InChI is InChI=1S/C24H37N3O7S/c1-24(2,23(28)33-15-12-26-10-13-32-14-11-26)18-34-35(29,30)27-17-19(8-9-25(3)4)21-16-20(31-5)6-7-22(21)27/h6-7,16-17H,8-15,18H2,1-5H3. The van der Waals surface area contributed by atoms with Crippen molar-refractivity contribution in [3.63, 3.8) is 0 Å². The predicted octanol–water partition coefficient (Wildman–Crippen LogP) is 1.77. The van der Waals surface area contributed by atoms with Crippen molar-refractivity contribution < 1.29 is 31.6 Å². The van der Waals surface area contributed by atoms with E-state index < -0.39 is 21.7 Å². The fourth-order valence-corrected chi connectivity index (χ4v) is 4.94. The Morgan fingerprint density at radius 2 is 1.91 bits per heavy atom. The highest BCUT2D eigenvalue weighted by molar-refractivity contribution is 7.85. The Bertz CT molecular complexity index is 1110. The number of carbonyl (C=O) groups excluding carboxylic acids is 1. The third-order valence-electron chi connectivity index (χ3n) is 6.00. The van der Waals surface area contributed by atoms with E-state index in [9.17, 15) is 13.2 Å². The van der Waals surface area contributed by atoms with E-state index in [1.54, 1.807) is 39.3 Å². The number of hydrogen-bond donors (Lipinski definition) is 0. The maximum atomic E-state index is 13.2. The summed E-state index contributed by atoms with van der Waals surface area (Å²) < 4.78 is 48.9. The second-order valence-electron chi connectivity index (χ2n) is 9.58. The van der Waals surface area contributed by atoms with Crippen molar-refractivity contribution in [2.45, 2.75) is 20.3 Å². The van der Waals surface area contributed by atoms with Crippen LogP contribution in [-0.2, 0) is 35.2 Å². The topological polar surface area (TPSA) is 99.5 Å². The van der Waals surface area contributed by atoms with E-state index in [1.807, 2.05) is 25.1 Å². The minimum absolute atomic E-state index is 0.230. The minimum Gasteiger partial charge on any atom is -0.497 e. The molecule has 1 aromatic carbocycles. The number of rotatable bonds is 12. The normalized spacial score (nSPS) is 15.6. The van der Waals surface area contributed by atoms with E-state index in [0.29, 0.717) is 37.4 Å². The summed E-state index contributed by atoms with van der Waals surface area (Å²) in [5.41, 5.74) is 0.213. The molecule has 0 bridgehead atoms. The predicted molar refractivity (Wildman–Crippen MR) is 133 cm³/mol. The van der Waals surface area contributed by atoms with Crippen LogP contribution < -0.4 is 4.74 Å².